The van der Waals surface area contributed by atoms with Crippen LogP contribution in [-0.4, -0.2) is 58.5 Å². The molecule has 0 aliphatic carbocycles. The second-order valence-corrected chi connectivity index (χ2v) is 4.25. The first-order valence-corrected chi connectivity index (χ1v) is 6.65. The van der Waals surface area contributed by atoms with Gasteiger partial charge in [-0.2, -0.15) is 0 Å². The van der Waals surface area contributed by atoms with E-state index in [1.54, 1.807) is 0 Å². The van der Waals surface area contributed by atoms with E-state index in [1.165, 1.54) is 0 Å². The van der Waals surface area contributed by atoms with Crippen molar-refractivity contribution >= 4 is 5.78 Å². The summed E-state index contributed by atoms with van der Waals surface area (Å²) in [6, 6.07) is 0. The highest BCUT2D eigenvalue weighted by molar-refractivity contribution is 5.81. The molecule has 0 spiro atoms. The van der Waals surface area contributed by atoms with Crippen LogP contribution in [0.15, 0.2) is 0 Å². The summed E-state index contributed by atoms with van der Waals surface area (Å²) in [4.78, 5) is 11.2. The van der Waals surface area contributed by atoms with Crippen molar-refractivity contribution in [2.24, 2.45) is 5.92 Å². The highest BCUT2D eigenvalue weighted by Gasteiger charge is 2.06. The van der Waals surface area contributed by atoms with Crippen LogP contribution in [-0.2, 0) is 19.0 Å². The van der Waals surface area contributed by atoms with Gasteiger partial charge in [-0.05, 0) is 6.54 Å². The van der Waals surface area contributed by atoms with E-state index in [-0.39, 0.29) is 19.7 Å². The van der Waals surface area contributed by atoms with Gasteiger partial charge in [0.2, 0.25) is 0 Å². The highest BCUT2D eigenvalue weighted by Crippen LogP contribution is 1.94. The molecule has 5 heteroatoms. The van der Waals surface area contributed by atoms with Crippen molar-refractivity contribution in [3.8, 4) is 0 Å². The lowest BCUT2D eigenvalue weighted by Crippen LogP contribution is -2.20. The van der Waals surface area contributed by atoms with Crippen molar-refractivity contribution in [2.75, 3.05) is 52.7 Å². The SMILES string of the molecule is CCNCCOCCOCCOCC(=O)C(C)C.[HH]. The number of ketones is 1. The van der Waals surface area contributed by atoms with Crippen molar-refractivity contribution < 1.29 is 20.4 Å². The molecule has 0 unspecified atom stereocenters. The van der Waals surface area contributed by atoms with E-state index in [9.17, 15) is 4.79 Å². The summed E-state index contributed by atoms with van der Waals surface area (Å²) >= 11 is 0. The Labute approximate surface area is 112 Å². The van der Waals surface area contributed by atoms with Crippen LogP contribution >= 0.6 is 0 Å². The van der Waals surface area contributed by atoms with Gasteiger partial charge < -0.3 is 19.5 Å². The fourth-order valence-corrected chi connectivity index (χ4v) is 1.10. The standard InChI is InChI=1S/C13H27NO4.H2/c1-4-14-5-6-16-7-8-17-9-10-18-11-13(15)12(2)3;/h12,14H,4-11H2,1-3H3;1H. The van der Waals surface area contributed by atoms with Crippen LogP contribution in [0.1, 0.15) is 22.2 Å². The van der Waals surface area contributed by atoms with E-state index < -0.39 is 0 Å². The minimum atomic E-state index is 0. The zero-order valence-corrected chi connectivity index (χ0v) is 11.9. The fourth-order valence-electron chi connectivity index (χ4n) is 1.10. The van der Waals surface area contributed by atoms with Crippen LogP contribution in [0.3, 0.4) is 0 Å². The normalized spacial score (nSPS) is 11.1. The molecule has 0 aromatic rings. The van der Waals surface area contributed by atoms with E-state index in [4.69, 9.17) is 14.2 Å². The Balaban J connectivity index is 0. The van der Waals surface area contributed by atoms with Crippen LogP contribution in [0, 0.1) is 5.92 Å². The quantitative estimate of drug-likeness (QED) is 0.505. The maximum absolute atomic E-state index is 11.2. The number of carbonyl (C=O) groups excluding carboxylic acids is 1. The average Bonchev–Trinajstić information content (AvgIpc) is 2.35. The van der Waals surface area contributed by atoms with Gasteiger partial charge in [0.25, 0.3) is 0 Å². The van der Waals surface area contributed by atoms with Crippen molar-refractivity contribution in [1.82, 2.24) is 5.32 Å². The number of rotatable bonds is 13. The minimum absolute atomic E-state index is 0. The van der Waals surface area contributed by atoms with Crippen LogP contribution < -0.4 is 5.32 Å². The van der Waals surface area contributed by atoms with Gasteiger partial charge in [-0.3, -0.25) is 4.79 Å². The third-order valence-electron chi connectivity index (χ3n) is 2.31. The number of hydrogen-bond acceptors (Lipinski definition) is 5. The van der Waals surface area contributed by atoms with Crippen LogP contribution in [0.4, 0.5) is 0 Å². The summed E-state index contributed by atoms with van der Waals surface area (Å²) in [6.45, 7) is 10.6. The van der Waals surface area contributed by atoms with Crippen molar-refractivity contribution in [3.63, 3.8) is 0 Å². The summed E-state index contributed by atoms with van der Waals surface area (Å²) in [5.41, 5.74) is 0. The molecule has 0 fully saturated rings. The van der Waals surface area contributed by atoms with Crippen molar-refractivity contribution in [2.45, 2.75) is 20.8 Å². The molecule has 18 heavy (non-hydrogen) atoms. The summed E-state index contributed by atoms with van der Waals surface area (Å²) in [5.74, 6) is 0.165. The lowest BCUT2D eigenvalue weighted by molar-refractivity contribution is -0.127. The summed E-state index contributed by atoms with van der Waals surface area (Å²) in [6.07, 6.45) is 0. The minimum Gasteiger partial charge on any atom is -0.378 e. The first-order chi connectivity index (χ1) is 8.68. The van der Waals surface area contributed by atoms with Gasteiger partial charge in [0.05, 0.1) is 33.0 Å². The number of ether oxygens (including phenoxy) is 3. The Morgan fingerprint density at radius 2 is 1.61 bits per heavy atom. The lowest BCUT2D eigenvalue weighted by atomic mass is 10.1. The number of hydrogen-bond donors (Lipinski definition) is 1. The molecule has 0 aromatic heterocycles. The topological polar surface area (TPSA) is 56.8 Å². The van der Waals surface area contributed by atoms with Gasteiger partial charge in [0.1, 0.15) is 6.61 Å². The molecule has 110 valence electrons. The van der Waals surface area contributed by atoms with Crippen LogP contribution in [0.5, 0.6) is 0 Å². The summed E-state index contributed by atoms with van der Waals surface area (Å²) in [5, 5.41) is 3.17. The molecule has 0 rings (SSSR count). The van der Waals surface area contributed by atoms with Crippen LogP contribution in [0.2, 0.25) is 0 Å². The molecule has 0 saturated heterocycles. The van der Waals surface area contributed by atoms with Gasteiger partial charge in [0.15, 0.2) is 5.78 Å². The zero-order chi connectivity index (χ0) is 13.6. The van der Waals surface area contributed by atoms with Crippen molar-refractivity contribution in [3.05, 3.63) is 0 Å². The third kappa shape index (κ3) is 12.0. The predicted octanol–water partition coefficient (Wildman–Crippen LogP) is 1.12. The zero-order valence-electron chi connectivity index (χ0n) is 11.9. The van der Waals surface area contributed by atoms with Gasteiger partial charge >= 0.3 is 0 Å². The predicted molar refractivity (Wildman–Crippen MR) is 73.0 cm³/mol. The van der Waals surface area contributed by atoms with Gasteiger partial charge in [0, 0.05) is 13.9 Å². The molecule has 0 radical (unpaired) electrons. The molecule has 5 nitrogen and oxygen atoms in total. The molecular weight excluding hydrogens is 234 g/mol. The number of likely N-dealkylation sites (N-methyl/N-ethyl adjacent to an activating group) is 1. The molecule has 0 saturated carbocycles. The maximum atomic E-state index is 11.2. The van der Waals surface area contributed by atoms with E-state index in [2.05, 4.69) is 12.2 Å². The fraction of sp³-hybridized carbons (Fsp3) is 0.923. The highest BCUT2D eigenvalue weighted by atomic mass is 16.5. The third-order valence-corrected chi connectivity index (χ3v) is 2.31. The summed E-state index contributed by atoms with van der Waals surface area (Å²) < 4.78 is 15.8. The van der Waals surface area contributed by atoms with Gasteiger partial charge in [-0.25, -0.2) is 0 Å². The van der Waals surface area contributed by atoms with Crippen LogP contribution in [0.25, 0.3) is 0 Å². The van der Waals surface area contributed by atoms with Gasteiger partial charge in [-0.15, -0.1) is 0 Å². The lowest BCUT2D eigenvalue weighted by Gasteiger charge is -2.07. The molecule has 0 heterocycles. The molecule has 0 amide bonds. The maximum Gasteiger partial charge on any atom is 0.160 e. The second kappa shape index (κ2) is 13.0. The number of nitrogens with one attached hydrogen (secondary N) is 1. The van der Waals surface area contributed by atoms with Gasteiger partial charge in [-0.1, -0.05) is 20.8 Å². The molecule has 0 aromatic carbocycles. The summed E-state index contributed by atoms with van der Waals surface area (Å²) in [7, 11) is 0. The Bertz CT molecular complexity index is 203. The van der Waals surface area contributed by atoms with E-state index in [0.717, 1.165) is 13.1 Å². The number of Topliss-reactive ketones (excluding diaryl/α,β-unsaturated/α-hetero) is 1. The van der Waals surface area contributed by atoms with E-state index in [0.29, 0.717) is 33.0 Å². The second-order valence-electron chi connectivity index (χ2n) is 4.25. The first kappa shape index (κ1) is 17.5. The van der Waals surface area contributed by atoms with Crippen molar-refractivity contribution in [1.29, 1.82) is 0 Å². The molecular formula is C13H29NO4. The molecule has 0 bridgehead atoms. The molecule has 0 aliphatic heterocycles. The molecule has 1 N–H and O–H groups in total. The first-order valence-electron chi connectivity index (χ1n) is 6.65. The van der Waals surface area contributed by atoms with E-state index in [1.807, 2.05) is 13.8 Å². The number of carbonyl (C=O) groups is 1. The smallest absolute Gasteiger partial charge is 0.160 e. The Hall–Kier alpha value is -0.490. The Kier molecular flexibility index (Phi) is 12.6. The Morgan fingerprint density at radius 1 is 1.06 bits per heavy atom. The monoisotopic (exact) mass is 263 g/mol. The molecule has 0 atom stereocenters. The average molecular weight is 263 g/mol. The Morgan fingerprint density at radius 3 is 2.17 bits per heavy atom. The molecule has 0 aliphatic rings. The largest absolute Gasteiger partial charge is 0.378 e. The van der Waals surface area contributed by atoms with E-state index >= 15 is 0 Å².